The van der Waals surface area contributed by atoms with Crippen molar-refractivity contribution in [2.75, 3.05) is 5.94 Å². The minimum atomic E-state index is -3.55. The van der Waals surface area contributed by atoms with Crippen LogP contribution in [-0.4, -0.2) is 40.1 Å². The number of ether oxygens (including phenoxy) is 1. The van der Waals surface area contributed by atoms with E-state index in [1.54, 1.807) is 36.4 Å². The van der Waals surface area contributed by atoms with Gasteiger partial charge in [-0.3, -0.25) is 0 Å². The van der Waals surface area contributed by atoms with Crippen LogP contribution in [0.4, 0.5) is 0 Å². The van der Waals surface area contributed by atoms with Crippen molar-refractivity contribution in [2.24, 2.45) is 0 Å². The average Bonchev–Trinajstić information content (AvgIpc) is 2.81. The summed E-state index contributed by atoms with van der Waals surface area (Å²) in [5, 5.41) is 8.68. The van der Waals surface area contributed by atoms with Crippen LogP contribution < -0.4 is 0 Å². The minimum Gasteiger partial charge on any atom is -0.393 e. The Balaban J connectivity index is 0. The first kappa shape index (κ1) is 38.0. The summed E-state index contributed by atoms with van der Waals surface area (Å²) in [6.07, 6.45) is 6.24. The first-order chi connectivity index (χ1) is 16.7. The summed E-state index contributed by atoms with van der Waals surface area (Å²) in [5.41, 5.74) is 2.06. The lowest BCUT2D eigenvalue weighted by molar-refractivity contribution is -0.0000157. The minimum absolute atomic E-state index is 0. The van der Waals surface area contributed by atoms with Crippen LogP contribution in [0.5, 0.6) is 0 Å². The van der Waals surface area contributed by atoms with Crippen molar-refractivity contribution in [3.8, 4) is 0 Å². The summed E-state index contributed by atoms with van der Waals surface area (Å²) in [7, 11) is -1.78. The fourth-order valence-electron chi connectivity index (χ4n) is 2.79. The fraction of sp³-hybridized carbons (Fsp3) is 0.556. The summed E-state index contributed by atoms with van der Waals surface area (Å²) < 4.78 is 50.8. The average molecular weight is 601 g/mol. The van der Waals surface area contributed by atoms with E-state index in [1.165, 1.54) is 18.6 Å². The Morgan fingerprint density at radius 3 is 1.54 bits per heavy atom. The molecule has 0 aliphatic rings. The largest absolute Gasteiger partial charge is 0.393 e. The second-order valence-electron chi connectivity index (χ2n) is 8.91. The number of halogens is 2. The molecular formula is C27H45Cl2O6S2+. The molecule has 2 rings (SSSR count). The maximum atomic E-state index is 12.0. The number of hydrogen-bond acceptors (Lipinski definition) is 6. The highest BCUT2D eigenvalue weighted by Gasteiger charge is 2.16. The first-order valence-corrected chi connectivity index (χ1v) is 16.3. The van der Waals surface area contributed by atoms with Crippen LogP contribution in [0.15, 0.2) is 58.3 Å². The van der Waals surface area contributed by atoms with Gasteiger partial charge in [0.1, 0.15) is 0 Å². The molecule has 6 nitrogen and oxygen atoms in total. The molecule has 0 saturated carbocycles. The number of benzene rings is 2. The fourth-order valence-corrected chi connectivity index (χ4v) is 4.66. The van der Waals surface area contributed by atoms with Gasteiger partial charge in [-0.05, 0) is 64.8 Å². The molecule has 0 fully saturated rings. The van der Waals surface area contributed by atoms with Crippen molar-refractivity contribution in [2.45, 2.75) is 102 Å². The third-order valence-corrected chi connectivity index (χ3v) is 7.94. The molecule has 2 atom stereocenters. The molecular weight excluding hydrogens is 555 g/mol. The van der Waals surface area contributed by atoms with E-state index in [2.05, 4.69) is 13.8 Å². The molecule has 0 heterocycles. The van der Waals surface area contributed by atoms with E-state index in [0.717, 1.165) is 43.2 Å². The Hall–Kier alpha value is -1.16. The Morgan fingerprint density at radius 2 is 1.19 bits per heavy atom. The summed E-state index contributed by atoms with van der Waals surface area (Å²) in [5.74, 6) is -0.235. The summed E-state index contributed by atoms with van der Waals surface area (Å²) in [6, 6.07) is 13.2. The van der Waals surface area contributed by atoms with Gasteiger partial charge in [-0.25, -0.2) is 16.8 Å². The van der Waals surface area contributed by atoms with Gasteiger partial charge in [0.15, 0.2) is 5.94 Å². The second kappa shape index (κ2) is 19.8. The van der Waals surface area contributed by atoms with Gasteiger partial charge in [-0.15, -0.1) is 0 Å². The number of sulfone groups is 1. The van der Waals surface area contributed by atoms with E-state index in [4.69, 9.17) is 20.5 Å². The quantitative estimate of drug-likeness (QED) is 0.306. The van der Waals surface area contributed by atoms with Gasteiger partial charge in [0.05, 0.1) is 34.4 Å². The van der Waals surface area contributed by atoms with Gasteiger partial charge in [0.2, 0.25) is 9.84 Å². The molecule has 0 amide bonds. The zero-order valence-electron chi connectivity index (χ0n) is 22.9. The van der Waals surface area contributed by atoms with E-state index in [9.17, 15) is 16.8 Å². The molecule has 37 heavy (non-hydrogen) atoms. The molecule has 214 valence electrons. The van der Waals surface area contributed by atoms with Crippen molar-refractivity contribution in [1.29, 1.82) is 0 Å². The molecule has 0 radical (unpaired) electrons. The van der Waals surface area contributed by atoms with Crippen molar-refractivity contribution in [3.63, 3.8) is 0 Å². The monoisotopic (exact) mass is 599 g/mol. The van der Waals surface area contributed by atoms with E-state index >= 15 is 0 Å². The predicted molar refractivity (Wildman–Crippen MR) is 152 cm³/mol. The van der Waals surface area contributed by atoms with Gasteiger partial charge in [0, 0.05) is 10.7 Å². The van der Waals surface area contributed by atoms with E-state index in [0.29, 0.717) is 4.90 Å². The molecule has 2 unspecified atom stereocenters. The molecule has 0 saturated heterocycles. The van der Waals surface area contributed by atoms with Gasteiger partial charge in [0.25, 0.3) is 9.05 Å². The van der Waals surface area contributed by atoms with Crippen molar-refractivity contribution in [1.82, 2.24) is 0 Å². The third-order valence-electron chi connectivity index (χ3n) is 5.13. The van der Waals surface area contributed by atoms with E-state index < -0.39 is 18.9 Å². The molecule has 2 aromatic carbocycles. The SMILES string of the molecule is CCCCC(C)O.CCCCC(C)OCS(=O)(=O)c1ccc(C)cc1.Cc1ccc(S(=O)(=O)Cl)cc1.[ClH2+]. The Bertz CT molecular complexity index is 1050. The summed E-state index contributed by atoms with van der Waals surface area (Å²) in [4.78, 5) is 0.473. The van der Waals surface area contributed by atoms with Crippen LogP contribution >= 0.6 is 10.7 Å². The second-order valence-corrected chi connectivity index (χ2v) is 13.4. The number of unbranched alkanes of at least 4 members (excludes halogenated alkanes) is 2. The molecule has 0 spiro atoms. The highest BCUT2D eigenvalue weighted by molar-refractivity contribution is 8.13. The third kappa shape index (κ3) is 18.7. The number of aryl methyl sites for hydroxylation is 2. The molecule has 10 heteroatoms. The van der Waals surface area contributed by atoms with Crippen LogP contribution in [0.3, 0.4) is 0 Å². The number of aliphatic hydroxyl groups is 1. The van der Waals surface area contributed by atoms with Crippen molar-refractivity contribution in [3.05, 3.63) is 59.7 Å². The first-order valence-electron chi connectivity index (χ1n) is 12.3. The maximum Gasteiger partial charge on any atom is 0.261 e. The predicted octanol–water partition coefficient (Wildman–Crippen LogP) is 6.27. The highest BCUT2D eigenvalue weighted by atomic mass is 35.7. The number of hydrogen-bond donors (Lipinski definition) is 1. The maximum absolute atomic E-state index is 12.0. The standard InChI is InChI=1S/C14H22O3S.C7H7ClO2S.C6H14O.ClH2/c1-4-5-6-13(3)17-11-18(15,16)14-9-7-12(2)8-10-14;1-6-2-4-7(5-3-6)11(8,9)10;1-3-4-5-6(2)7;/h7-10,13H,4-6,11H2,1-3H3;2-5H,1H3;6-7H,3-5H2,1-2H3;1H2/q;;;+1. The lowest BCUT2D eigenvalue weighted by Gasteiger charge is -2.12. The smallest absolute Gasteiger partial charge is 0.261 e. The topological polar surface area (TPSA) is 97.7 Å². The zero-order valence-corrected chi connectivity index (χ0v) is 26.1. The number of rotatable bonds is 11. The number of aliphatic hydroxyl groups excluding tert-OH is 1. The lowest BCUT2D eigenvalue weighted by Crippen LogP contribution is -2.16. The Kier molecular flexibility index (Phi) is 20.4. The van der Waals surface area contributed by atoms with Gasteiger partial charge >= 0.3 is 0 Å². The van der Waals surface area contributed by atoms with Crippen LogP contribution in [0.25, 0.3) is 0 Å². The molecule has 1 N–H and O–H groups in total. The van der Waals surface area contributed by atoms with Gasteiger partial charge in [-0.2, -0.15) is 0 Å². The Labute approximate surface area is 235 Å². The Morgan fingerprint density at radius 1 is 0.784 bits per heavy atom. The van der Waals surface area contributed by atoms with Crippen LogP contribution in [0.1, 0.15) is 77.3 Å². The van der Waals surface area contributed by atoms with Crippen molar-refractivity contribution >= 4 is 29.6 Å². The molecule has 2 aromatic rings. The summed E-state index contributed by atoms with van der Waals surface area (Å²) >= 11 is 0. The van der Waals surface area contributed by atoms with Gasteiger partial charge < -0.3 is 9.84 Å². The van der Waals surface area contributed by atoms with Crippen LogP contribution in [0.2, 0.25) is 0 Å². The highest BCUT2D eigenvalue weighted by Crippen LogP contribution is 2.15. The molecule has 0 aromatic heterocycles. The van der Waals surface area contributed by atoms with Crippen LogP contribution in [0, 0.1) is 26.3 Å². The zero-order chi connectivity index (χ0) is 27.8. The van der Waals surface area contributed by atoms with Crippen molar-refractivity contribution < 1.29 is 39.1 Å². The van der Waals surface area contributed by atoms with E-state index in [-0.39, 0.29) is 35.4 Å². The molecule has 0 aliphatic carbocycles. The normalized spacial score (nSPS) is 12.6. The summed E-state index contributed by atoms with van der Waals surface area (Å²) in [6.45, 7) is 11.8. The van der Waals surface area contributed by atoms with Crippen LogP contribution in [-0.2, 0) is 23.6 Å². The molecule has 0 bridgehead atoms. The van der Waals surface area contributed by atoms with Gasteiger partial charge in [-0.1, -0.05) is 74.9 Å². The lowest BCUT2D eigenvalue weighted by atomic mass is 10.2. The van der Waals surface area contributed by atoms with E-state index in [1.807, 2.05) is 27.7 Å². The molecule has 0 aliphatic heterocycles.